The van der Waals surface area contributed by atoms with Gasteiger partial charge in [-0.15, -0.1) is 0 Å². The molecule has 3 heterocycles. The topological polar surface area (TPSA) is 73.3 Å². The summed E-state index contributed by atoms with van der Waals surface area (Å²) in [5, 5.41) is 9.24. The van der Waals surface area contributed by atoms with Crippen LogP contribution in [0.3, 0.4) is 0 Å². The van der Waals surface area contributed by atoms with Crippen LogP contribution in [-0.2, 0) is 16.1 Å². The number of piperidine rings is 2. The normalized spacial score (nSPS) is 22.3. The lowest BCUT2D eigenvalue weighted by Gasteiger charge is -2.42. The first-order chi connectivity index (χ1) is 19.9. The van der Waals surface area contributed by atoms with Crippen LogP contribution >= 0.6 is 10.2 Å². The Labute approximate surface area is 244 Å². The molecule has 3 aliphatic heterocycles. The SMILES string of the molecule is O=C(O)C1CCN(c2cc(S(F)(F)(F)(F)F)ccc2CN2CCC3(CCN(C(=O)OC(C(F)(F)F)C(F)(F)F)CC3)C2)CC1. The summed E-state index contributed by atoms with van der Waals surface area (Å²) in [6.07, 6.45) is -16.6. The van der Waals surface area contributed by atoms with E-state index in [0.29, 0.717) is 37.2 Å². The maximum Gasteiger partial charge on any atom is 0.434 e. The summed E-state index contributed by atoms with van der Waals surface area (Å²) in [6, 6.07) is 1.67. The van der Waals surface area contributed by atoms with Crippen molar-refractivity contribution in [3.05, 3.63) is 23.8 Å². The molecule has 1 spiro atoms. The van der Waals surface area contributed by atoms with E-state index >= 15 is 0 Å². The average Bonchev–Trinajstić information content (AvgIpc) is 3.26. The van der Waals surface area contributed by atoms with Crippen molar-refractivity contribution in [3.63, 3.8) is 0 Å². The standard InChI is InChI=1S/C25H30F11N3O4S/c26-24(27,28)21(25(29,30)31)43-22(42)39-11-6-23(7-12-39)5-10-37(15-23)14-17-1-2-18(44(32,33,34,35)36)13-19(17)38-8-3-16(4-9-38)20(40)41/h1-2,13,16,21H,3-12,14-15H2,(H,40,41). The van der Waals surface area contributed by atoms with Crippen LogP contribution in [0.4, 0.5) is 56.3 Å². The number of hydrogen-bond donors (Lipinski definition) is 1. The number of carbonyl (C=O) groups excluding carboxylic acids is 1. The van der Waals surface area contributed by atoms with Crippen LogP contribution in [-0.4, -0.2) is 84.7 Å². The van der Waals surface area contributed by atoms with Crippen molar-refractivity contribution in [1.82, 2.24) is 9.80 Å². The number of alkyl halides is 6. The van der Waals surface area contributed by atoms with Crippen LogP contribution in [0.25, 0.3) is 0 Å². The summed E-state index contributed by atoms with van der Waals surface area (Å²) in [7, 11) is -10.0. The largest absolute Gasteiger partial charge is 0.481 e. The molecule has 0 atom stereocenters. The second-order valence-electron chi connectivity index (χ2n) is 11.7. The van der Waals surface area contributed by atoms with Gasteiger partial charge in [0.05, 0.1) is 5.92 Å². The van der Waals surface area contributed by atoms with Gasteiger partial charge in [-0.1, -0.05) is 25.5 Å². The van der Waals surface area contributed by atoms with Crippen molar-refractivity contribution in [2.24, 2.45) is 11.3 Å². The van der Waals surface area contributed by atoms with Gasteiger partial charge in [-0.05, 0) is 61.8 Å². The van der Waals surface area contributed by atoms with E-state index in [2.05, 4.69) is 4.74 Å². The summed E-state index contributed by atoms with van der Waals surface area (Å²) >= 11 is 0. The fraction of sp³-hybridized carbons (Fsp3) is 0.680. The van der Waals surface area contributed by atoms with Crippen molar-refractivity contribution in [2.75, 3.05) is 44.2 Å². The number of nitrogens with zero attached hydrogens (tertiary/aromatic N) is 3. The second-order valence-corrected chi connectivity index (χ2v) is 14.1. The molecule has 0 bridgehead atoms. The lowest BCUT2D eigenvalue weighted by atomic mass is 9.78. The molecule has 0 saturated carbocycles. The monoisotopic (exact) mass is 677 g/mol. The number of amides is 1. The molecule has 0 radical (unpaired) electrons. The van der Waals surface area contributed by atoms with Gasteiger partial charge in [-0.25, -0.2) is 4.79 Å². The van der Waals surface area contributed by atoms with E-state index in [1.807, 2.05) is 4.90 Å². The maximum absolute atomic E-state index is 13.7. The molecule has 1 N–H and O–H groups in total. The van der Waals surface area contributed by atoms with Crippen LogP contribution in [0.2, 0.25) is 0 Å². The fourth-order valence-electron chi connectivity index (χ4n) is 6.05. The third-order valence-electron chi connectivity index (χ3n) is 8.49. The van der Waals surface area contributed by atoms with E-state index in [1.165, 1.54) is 4.90 Å². The Bertz CT molecular complexity index is 1240. The summed E-state index contributed by atoms with van der Waals surface area (Å²) in [5.74, 6) is -1.78. The third kappa shape index (κ3) is 7.92. The molecule has 44 heavy (non-hydrogen) atoms. The highest BCUT2D eigenvalue weighted by molar-refractivity contribution is 8.45. The summed E-state index contributed by atoms with van der Waals surface area (Å²) < 4.78 is 149. The van der Waals surface area contributed by atoms with Gasteiger partial charge in [-0.3, -0.25) is 9.69 Å². The van der Waals surface area contributed by atoms with Gasteiger partial charge in [0.25, 0.3) is 6.10 Å². The molecule has 3 aliphatic rings. The number of hydrogen-bond acceptors (Lipinski definition) is 5. The number of rotatable bonds is 6. The number of aliphatic carboxylic acids is 1. The van der Waals surface area contributed by atoms with Crippen molar-refractivity contribution in [1.29, 1.82) is 0 Å². The lowest BCUT2D eigenvalue weighted by Crippen LogP contribution is -2.50. The Kier molecular flexibility index (Phi) is 8.31. The first-order valence-corrected chi connectivity index (χ1v) is 15.5. The van der Waals surface area contributed by atoms with Gasteiger partial charge in [-0.2, -0.15) is 26.3 Å². The number of benzene rings is 1. The lowest BCUT2D eigenvalue weighted by molar-refractivity contribution is -0.308. The van der Waals surface area contributed by atoms with Gasteiger partial charge in [0, 0.05) is 45.0 Å². The van der Waals surface area contributed by atoms with Crippen LogP contribution in [0.5, 0.6) is 0 Å². The molecule has 0 unspecified atom stereocenters. The van der Waals surface area contributed by atoms with Crippen molar-refractivity contribution >= 4 is 28.0 Å². The smallest absolute Gasteiger partial charge is 0.434 e. The highest BCUT2D eigenvalue weighted by Gasteiger charge is 2.65. The Hall–Kier alpha value is -2.70. The quantitative estimate of drug-likeness (QED) is 0.314. The molecule has 1 aromatic carbocycles. The molecule has 3 saturated heterocycles. The number of anilines is 1. The van der Waals surface area contributed by atoms with Gasteiger partial charge >= 0.3 is 34.6 Å². The predicted molar refractivity (Wildman–Crippen MR) is 136 cm³/mol. The molecule has 3 fully saturated rings. The van der Waals surface area contributed by atoms with Crippen molar-refractivity contribution in [2.45, 2.75) is 62.0 Å². The molecular weight excluding hydrogens is 647 g/mol. The van der Waals surface area contributed by atoms with E-state index < -0.39 is 57.0 Å². The first-order valence-electron chi connectivity index (χ1n) is 13.5. The molecule has 7 nitrogen and oxygen atoms in total. The molecule has 1 amide bonds. The fourth-order valence-corrected chi connectivity index (χ4v) is 6.71. The molecule has 0 aliphatic carbocycles. The molecular formula is C25H30F11N3O4S. The average molecular weight is 678 g/mol. The minimum Gasteiger partial charge on any atom is -0.481 e. The number of likely N-dealkylation sites (tertiary alicyclic amines) is 2. The highest BCUT2D eigenvalue weighted by atomic mass is 32.5. The molecule has 19 heteroatoms. The van der Waals surface area contributed by atoms with Crippen LogP contribution in [0, 0.1) is 11.3 Å². The zero-order valence-corrected chi connectivity index (χ0v) is 23.8. The Morgan fingerprint density at radius 1 is 0.909 bits per heavy atom. The first kappa shape index (κ1) is 34.2. The van der Waals surface area contributed by atoms with Crippen molar-refractivity contribution in [3.8, 4) is 0 Å². The zero-order chi connectivity index (χ0) is 33.0. The van der Waals surface area contributed by atoms with E-state index in [4.69, 9.17) is 0 Å². The van der Waals surface area contributed by atoms with Gasteiger partial charge in [0.1, 0.15) is 4.90 Å². The van der Waals surface area contributed by atoms with Crippen LogP contribution in [0.15, 0.2) is 23.1 Å². The van der Waals surface area contributed by atoms with Crippen LogP contribution < -0.4 is 4.90 Å². The summed E-state index contributed by atoms with van der Waals surface area (Å²) in [5.41, 5.74) is -0.289. The number of halogens is 11. The Balaban J connectivity index is 1.44. The number of carboxylic acids is 1. The number of carbonyl (C=O) groups is 2. The Morgan fingerprint density at radius 2 is 1.45 bits per heavy atom. The molecule has 0 aromatic heterocycles. The molecule has 4 rings (SSSR count). The van der Waals surface area contributed by atoms with Gasteiger partial charge in [0.15, 0.2) is 0 Å². The predicted octanol–water partition coefficient (Wildman–Crippen LogP) is 7.56. The summed E-state index contributed by atoms with van der Waals surface area (Å²) in [4.78, 5) is 25.4. The van der Waals surface area contributed by atoms with E-state index in [1.54, 1.807) is 0 Å². The summed E-state index contributed by atoms with van der Waals surface area (Å²) in [6.45, 7) is 0.475. The van der Waals surface area contributed by atoms with Crippen molar-refractivity contribution < 1.29 is 65.2 Å². The third-order valence-corrected chi connectivity index (χ3v) is 9.64. The van der Waals surface area contributed by atoms with Gasteiger partial charge < -0.3 is 19.6 Å². The van der Waals surface area contributed by atoms with Crippen LogP contribution in [0.1, 0.15) is 37.7 Å². The minimum absolute atomic E-state index is 0.0349. The zero-order valence-electron chi connectivity index (χ0n) is 23.0. The number of ether oxygens (including phenoxy) is 1. The van der Waals surface area contributed by atoms with Gasteiger partial charge in [0.2, 0.25) is 0 Å². The highest BCUT2D eigenvalue weighted by Crippen LogP contribution is 3.02. The Morgan fingerprint density at radius 3 is 1.95 bits per heavy atom. The van der Waals surface area contributed by atoms with E-state index in [9.17, 15) is 60.5 Å². The number of carboxylic acid groups (broad SMARTS) is 1. The maximum atomic E-state index is 13.7. The molecule has 1 aromatic rings. The van der Waals surface area contributed by atoms with E-state index in [0.717, 1.165) is 11.0 Å². The molecule has 252 valence electrons. The second kappa shape index (κ2) is 10.7. The van der Waals surface area contributed by atoms with E-state index in [-0.39, 0.29) is 64.1 Å². The minimum atomic E-state index is -10.0.